The van der Waals surface area contributed by atoms with Crippen molar-refractivity contribution >= 4 is 82.2 Å². The molecule has 1 radical (unpaired) electrons. The first-order chi connectivity index (χ1) is 40.6. The van der Waals surface area contributed by atoms with Gasteiger partial charge in [0.05, 0.1) is 11.5 Å². The summed E-state index contributed by atoms with van der Waals surface area (Å²) in [5, 5.41) is 24.8. The SMILES string of the molecule is CC(C)(C)Cc1c2c([c-]c3ccccc13)-c1nccc3c1c(cc1c(CC(C)(C)C)cccc13)O2.CC(C)(C)Cc1c2c([c-]c3ccccc13)-c1nccc3c1c(cc1c(CC(C)(C)C)cccc13)S2.CCC(CC)/C(O)=C/C(=O)C(C)(CC)CC.[Ir]. The zero-order valence-corrected chi connectivity index (χ0v) is 58.0. The summed E-state index contributed by atoms with van der Waals surface area (Å²) in [5.41, 5.74) is 10.1. The van der Waals surface area contributed by atoms with Crippen LogP contribution >= 0.6 is 11.8 Å². The van der Waals surface area contributed by atoms with Crippen molar-refractivity contribution in [3.8, 4) is 34.0 Å². The molecule has 7 heteroatoms. The molecule has 0 unspecified atom stereocenters. The number of allylic oxidation sites excluding steroid dienone is 2. The van der Waals surface area contributed by atoms with Crippen molar-refractivity contribution in [1.29, 1.82) is 0 Å². The number of aromatic nitrogens is 2. The summed E-state index contributed by atoms with van der Waals surface area (Å²) in [5.74, 6) is 2.26. The van der Waals surface area contributed by atoms with Crippen LogP contribution in [-0.2, 0) is 50.6 Å². The molecular formula is C80H90IrN2O3S-2. The van der Waals surface area contributed by atoms with Crippen LogP contribution in [0.3, 0.4) is 0 Å². The normalized spacial score (nSPS) is 13.2. The maximum absolute atomic E-state index is 12.0. The molecule has 2 aromatic heterocycles. The van der Waals surface area contributed by atoms with E-state index in [1.807, 2.05) is 58.8 Å². The van der Waals surface area contributed by atoms with Crippen molar-refractivity contribution in [1.82, 2.24) is 9.97 Å². The van der Waals surface area contributed by atoms with E-state index in [1.54, 1.807) is 0 Å². The molecule has 2 aliphatic heterocycles. The molecule has 12 rings (SSSR count). The summed E-state index contributed by atoms with van der Waals surface area (Å²) in [6.07, 6.45) is 12.8. The predicted molar refractivity (Wildman–Crippen MR) is 367 cm³/mol. The molecule has 0 bridgehead atoms. The van der Waals surface area contributed by atoms with Gasteiger partial charge in [0.25, 0.3) is 0 Å². The predicted octanol–water partition coefficient (Wildman–Crippen LogP) is 23.2. The topological polar surface area (TPSA) is 72.3 Å². The zero-order valence-electron chi connectivity index (χ0n) is 54.8. The van der Waals surface area contributed by atoms with Crippen molar-refractivity contribution in [2.45, 2.75) is 179 Å². The monoisotopic (exact) mass is 1350 g/mol. The number of fused-ring (bicyclic) bond motifs is 10. The third-order valence-corrected chi connectivity index (χ3v) is 18.7. The zero-order chi connectivity index (χ0) is 61.8. The van der Waals surface area contributed by atoms with E-state index in [2.05, 4.69) is 204 Å². The van der Waals surface area contributed by atoms with E-state index in [0.29, 0.717) is 0 Å². The third kappa shape index (κ3) is 13.6. The first-order valence-electron chi connectivity index (χ1n) is 31.5. The number of aliphatic hydroxyl groups excluding tert-OH is 1. The molecule has 0 atom stereocenters. The molecule has 0 aliphatic carbocycles. The maximum Gasteiger partial charge on any atom is 0.164 e. The minimum absolute atomic E-state index is 0. The number of aliphatic hydroxyl groups is 1. The van der Waals surface area contributed by atoms with Crippen LogP contribution in [0.15, 0.2) is 143 Å². The average Bonchev–Trinajstić information content (AvgIpc) is 0.783. The van der Waals surface area contributed by atoms with E-state index < -0.39 is 0 Å². The van der Waals surface area contributed by atoms with Crippen LogP contribution in [0.1, 0.15) is 166 Å². The number of nitrogens with zero attached hydrogens (tertiary/aromatic N) is 2. The van der Waals surface area contributed by atoms with E-state index in [4.69, 9.17) is 14.7 Å². The van der Waals surface area contributed by atoms with Crippen LogP contribution in [0.5, 0.6) is 11.5 Å². The van der Waals surface area contributed by atoms with Gasteiger partial charge in [-0.2, -0.15) is 0 Å². The summed E-state index contributed by atoms with van der Waals surface area (Å²) >= 11 is 1.93. The minimum Gasteiger partial charge on any atom is -0.512 e. The maximum atomic E-state index is 12.0. The molecule has 87 heavy (non-hydrogen) atoms. The number of hydrogen-bond acceptors (Lipinski definition) is 6. The fraction of sp³-hybridized carbons (Fsp3) is 0.388. The van der Waals surface area contributed by atoms with Gasteiger partial charge in [0.15, 0.2) is 5.78 Å². The molecule has 4 heterocycles. The van der Waals surface area contributed by atoms with E-state index in [1.165, 1.54) is 92.0 Å². The van der Waals surface area contributed by atoms with Gasteiger partial charge in [-0.05, 0) is 151 Å². The van der Waals surface area contributed by atoms with E-state index in [-0.39, 0.29) is 64.6 Å². The number of rotatable bonds is 11. The van der Waals surface area contributed by atoms with Gasteiger partial charge in [0.1, 0.15) is 5.75 Å². The molecule has 1 N–H and O–H groups in total. The van der Waals surface area contributed by atoms with E-state index >= 15 is 0 Å². The first-order valence-corrected chi connectivity index (χ1v) is 32.4. The van der Waals surface area contributed by atoms with E-state index in [9.17, 15) is 9.90 Å². The summed E-state index contributed by atoms with van der Waals surface area (Å²) in [4.78, 5) is 24.6. The van der Waals surface area contributed by atoms with Crippen LogP contribution in [-0.4, -0.2) is 20.9 Å². The van der Waals surface area contributed by atoms with Crippen LogP contribution in [0.25, 0.3) is 87.1 Å². The molecule has 0 amide bonds. The summed E-state index contributed by atoms with van der Waals surface area (Å²) in [6, 6.07) is 47.2. The number of carbonyl (C=O) groups excluding carboxylic acids is 1. The fourth-order valence-corrected chi connectivity index (χ4v) is 14.1. The Bertz CT molecular complexity index is 4020. The van der Waals surface area contributed by atoms with Gasteiger partial charge in [-0.25, -0.2) is 0 Å². The summed E-state index contributed by atoms with van der Waals surface area (Å²) in [6.45, 7) is 37.8. The quantitative estimate of drug-likeness (QED) is 0.0602. The van der Waals surface area contributed by atoms with Gasteiger partial charge in [-0.15, -0.1) is 46.8 Å². The third-order valence-electron chi connectivity index (χ3n) is 17.5. The Balaban J connectivity index is 0.000000166. The second-order valence-corrected chi connectivity index (χ2v) is 30.6. The van der Waals surface area contributed by atoms with Crippen molar-refractivity contribution in [3.05, 3.63) is 168 Å². The smallest absolute Gasteiger partial charge is 0.164 e. The average molecular weight is 1350 g/mol. The van der Waals surface area contributed by atoms with Gasteiger partial charge in [0.2, 0.25) is 0 Å². The molecule has 0 spiro atoms. The Kier molecular flexibility index (Phi) is 18.9. The number of hydrogen-bond donors (Lipinski definition) is 1. The van der Waals surface area contributed by atoms with Crippen molar-refractivity contribution in [2.24, 2.45) is 33.0 Å². The van der Waals surface area contributed by atoms with Gasteiger partial charge in [0, 0.05) is 71.6 Å². The molecule has 5 nitrogen and oxygen atoms in total. The van der Waals surface area contributed by atoms with Gasteiger partial charge >= 0.3 is 0 Å². The molecule has 0 saturated heterocycles. The second-order valence-electron chi connectivity index (χ2n) is 29.5. The van der Waals surface area contributed by atoms with Crippen LogP contribution in [0.4, 0.5) is 0 Å². The largest absolute Gasteiger partial charge is 0.512 e. The van der Waals surface area contributed by atoms with Crippen LogP contribution in [0, 0.1) is 45.1 Å². The number of benzene rings is 8. The number of carbonyl (C=O) groups is 1. The number of ether oxygens (including phenoxy) is 1. The Hall–Kier alpha value is -6.37. The molecular weight excluding hydrogens is 1260 g/mol. The van der Waals surface area contributed by atoms with Crippen molar-refractivity contribution in [3.63, 3.8) is 0 Å². The van der Waals surface area contributed by atoms with Crippen molar-refractivity contribution in [2.75, 3.05) is 0 Å². The first kappa shape index (κ1) is 65.1. The Morgan fingerprint density at radius 1 is 0.540 bits per heavy atom. The number of ketones is 1. The summed E-state index contributed by atoms with van der Waals surface area (Å²) < 4.78 is 6.86. The molecule has 0 saturated carbocycles. The molecule has 2 aliphatic rings. The minimum atomic E-state index is -0.319. The van der Waals surface area contributed by atoms with Gasteiger partial charge in [-0.1, -0.05) is 224 Å². The van der Waals surface area contributed by atoms with Crippen molar-refractivity contribution < 1.29 is 34.7 Å². The molecule has 0 fully saturated rings. The van der Waals surface area contributed by atoms with Gasteiger partial charge < -0.3 is 9.84 Å². The van der Waals surface area contributed by atoms with Crippen LogP contribution in [0.2, 0.25) is 0 Å². The van der Waals surface area contributed by atoms with Gasteiger partial charge in [-0.3, -0.25) is 14.8 Å². The molecule has 8 aromatic carbocycles. The molecule has 455 valence electrons. The Labute approximate surface area is 537 Å². The van der Waals surface area contributed by atoms with E-state index in [0.717, 1.165) is 96.2 Å². The summed E-state index contributed by atoms with van der Waals surface area (Å²) in [7, 11) is 0. The number of pyridine rings is 2. The Morgan fingerprint density at radius 3 is 1.52 bits per heavy atom. The molecule has 10 aromatic rings. The standard InChI is InChI=1S/C33H32NO.C33H32NS.C14H26O2.Ir/c2*1-32(2,3)18-21-11-9-13-23-24-14-15-34-30-26-16-20-10-7-8-12-22(20)27(19-33(4,5)6)31(26)35-28(29(24)30)17-25(21)23;1-6-11(7-2)12(15)10-13(16)14(5,8-3)9-4;/h2*7-15,17H,18-19H2,1-6H3;10-11,15H,6-9H2,1-5H3;/q2*-1;;/b;;12-10-;. The van der Waals surface area contributed by atoms with Crippen LogP contribution < -0.4 is 4.74 Å². The fourth-order valence-electron chi connectivity index (χ4n) is 12.9. The Morgan fingerprint density at radius 2 is 1.00 bits per heavy atom. The second kappa shape index (κ2) is 25.3.